The molecule has 0 aromatic heterocycles. The maximum atomic E-state index is 12.9. The van der Waals surface area contributed by atoms with E-state index < -0.39 is 17.8 Å². The highest BCUT2D eigenvalue weighted by molar-refractivity contribution is 5.87. The number of halogens is 3. The van der Waals surface area contributed by atoms with E-state index in [9.17, 15) is 22.8 Å². The Hall–Kier alpha value is -2.25. The van der Waals surface area contributed by atoms with Gasteiger partial charge in [-0.05, 0) is 24.1 Å². The van der Waals surface area contributed by atoms with Gasteiger partial charge >= 0.3 is 6.18 Å². The molecule has 144 valence electrons. The number of amides is 2. The average molecular weight is 371 g/mol. The molecule has 1 atom stereocenters. The van der Waals surface area contributed by atoms with E-state index in [1.165, 1.54) is 13.0 Å². The maximum Gasteiger partial charge on any atom is 0.416 e. The number of carbonyl (C=O) groups excluding carboxylic acids is 2. The molecule has 0 unspecified atom stereocenters. The minimum atomic E-state index is -4.38. The fourth-order valence-corrected chi connectivity index (χ4v) is 2.99. The van der Waals surface area contributed by atoms with Crippen molar-refractivity contribution in [1.82, 2.24) is 10.2 Å². The van der Waals surface area contributed by atoms with Crippen molar-refractivity contribution in [2.75, 3.05) is 31.1 Å². The number of nitrogens with one attached hydrogen (secondary N) is 1. The van der Waals surface area contributed by atoms with Crippen molar-refractivity contribution in [3.63, 3.8) is 0 Å². The Kier molecular flexibility index (Phi) is 6.15. The summed E-state index contributed by atoms with van der Waals surface area (Å²) in [5.74, 6) is -0.466. The summed E-state index contributed by atoms with van der Waals surface area (Å²) < 4.78 is 38.6. The van der Waals surface area contributed by atoms with Crippen LogP contribution in [0.5, 0.6) is 0 Å². The summed E-state index contributed by atoms with van der Waals surface area (Å²) in [6, 6.07) is 4.62. The molecule has 0 aliphatic carbocycles. The highest BCUT2D eigenvalue weighted by Crippen LogP contribution is 2.31. The van der Waals surface area contributed by atoms with E-state index in [0.717, 1.165) is 12.1 Å². The summed E-state index contributed by atoms with van der Waals surface area (Å²) in [7, 11) is 0. The highest BCUT2D eigenvalue weighted by atomic mass is 19.4. The van der Waals surface area contributed by atoms with Crippen molar-refractivity contribution in [2.45, 2.75) is 33.0 Å². The zero-order valence-electron chi connectivity index (χ0n) is 15.1. The van der Waals surface area contributed by atoms with E-state index in [0.29, 0.717) is 31.9 Å². The van der Waals surface area contributed by atoms with E-state index in [2.05, 4.69) is 5.32 Å². The Morgan fingerprint density at radius 1 is 1.12 bits per heavy atom. The molecule has 1 aromatic rings. The Labute approximate surface area is 151 Å². The smallest absolute Gasteiger partial charge is 0.368 e. The first-order chi connectivity index (χ1) is 12.1. The lowest BCUT2D eigenvalue weighted by atomic mass is 10.0. The zero-order chi connectivity index (χ0) is 19.5. The number of hydrogen-bond donors (Lipinski definition) is 1. The monoisotopic (exact) mass is 371 g/mol. The molecule has 0 bridgehead atoms. The van der Waals surface area contributed by atoms with Crippen molar-refractivity contribution >= 4 is 17.5 Å². The molecular formula is C18H24F3N3O2. The molecule has 1 aromatic carbocycles. The molecule has 1 fully saturated rings. The van der Waals surface area contributed by atoms with Gasteiger partial charge in [-0.25, -0.2) is 0 Å². The van der Waals surface area contributed by atoms with Gasteiger partial charge < -0.3 is 15.1 Å². The number of alkyl halides is 3. The third-order valence-corrected chi connectivity index (χ3v) is 4.42. The van der Waals surface area contributed by atoms with Crippen LogP contribution in [0.1, 0.15) is 26.3 Å². The molecule has 26 heavy (non-hydrogen) atoms. The van der Waals surface area contributed by atoms with Gasteiger partial charge in [-0.1, -0.05) is 19.9 Å². The molecule has 0 spiro atoms. The first kappa shape index (κ1) is 20.1. The van der Waals surface area contributed by atoms with Gasteiger partial charge in [0, 0.05) is 38.8 Å². The van der Waals surface area contributed by atoms with Crippen molar-refractivity contribution in [3.05, 3.63) is 29.8 Å². The van der Waals surface area contributed by atoms with Gasteiger partial charge in [-0.3, -0.25) is 9.59 Å². The number of piperazine rings is 1. The van der Waals surface area contributed by atoms with E-state index in [4.69, 9.17) is 0 Å². The molecule has 0 radical (unpaired) electrons. The summed E-state index contributed by atoms with van der Waals surface area (Å²) in [4.78, 5) is 27.5. The van der Waals surface area contributed by atoms with Crippen LogP contribution < -0.4 is 10.2 Å². The third-order valence-electron chi connectivity index (χ3n) is 4.42. The van der Waals surface area contributed by atoms with Crippen LogP contribution in [0.15, 0.2) is 24.3 Å². The van der Waals surface area contributed by atoms with Crippen LogP contribution in [-0.4, -0.2) is 48.9 Å². The minimum absolute atomic E-state index is 0.0482. The van der Waals surface area contributed by atoms with E-state index in [1.807, 2.05) is 18.7 Å². The van der Waals surface area contributed by atoms with Gasteiger partial charge in [0.15, 0.2) is 0 Å². The van der Waals surface area contributed by atoms with E-state index in [-0.39, 0.29) is 17.7 Å². The van der Waals surface area contributed by atoms with Crippen LogP contribution in [0, 0.1) is 5.92 Å². The molecular weight excluding hydrogens is 347 g/mol. The lowest BCUT2D eigenvalue weighted by Crippen LogP contribution is -2.56. The van der Waals surface area contributed by atoms with Gasteiger partial charge in [-0.2, -0.15) is 13.2 Å². The number of nitrogens with zero attached hydrogens (tertiary/aromatic N) is 2. The first-order valence-corrected chi connectivity index (χ1v) is 8.57. The number of benzene rings is 1. The molecule has 1 aliphatic heterocycles. The quantitative estimate of drug-likeness (QED) is 0.885. The lowest BCUT2D eigenvalue weighted by Gasteiger charge is -2.38. The first-order valence-electron chi connectivity index (χ1n) is 8.57. The highest BCUT2D eigenvalue weighted by Gasteiger charge is 2.32. The van der Waals surface area contributed by atoms with E-state index in [1.54, 1.807) is 11.0 Å². The van der Waals surface area contributed by atoms with Crippen molar-refractivity contribution in [1.29, 1.82) is 0 Å². The number of rotatable bonds is 4. The van der Waals surface area contributed by atoms with Crippen molar-refractivity contribution in [2.24, 2.45) is 5.92 Å². The maximum absolute atomic E-state index is 12.9. The summed E-state index contributed by atoms with van der Waals surface area (Å²) in [6.07, 6.45) is -4.38. The SMILES string of the molecule is CC(=O)N[C@H](C(=O)N1CCN(c2cccc(C(F)(F)F)c2)CC1)C(C)C. The zero-order valence-corrected chi connectivity index (χ0v) is 15.1. The Morgan fingerprint density at radius 2 is 1.73 bits per heavy atom. The largest absolute Gasteiger partial charge is 0.416 e. The molecule has 1 saturated heterocycles. The van der Waals surface area contributed by atoms with Crippen LogP contribution in [0.4, 0.5) is 18.9 Å². The molecule has 2 rings (SSSR count). The van der Waals surface area contributed by atoms with Gasteiger partial charge in [0.25, 0.3) is 0 Å². The topological polar surface area (TPSA) is 52.7 Å². The summed E-state index contributed by atoms with van der Waals surface area (Å²) in [6.45, 7) is 6.77. The molecule has 2 amide bonds. The van der Waals surface area contributed by atoms with Crippen molar-refractivity contribution in [3.8, 4) is 0 Å². The molecule has 1 heterocycles. The predicted octanol–water partition coefficient (Wildman–Crippen LogP) is 2.51. The minimum Gasteiger partial charge on any atom is -0.368 e. The summed E-state index contributed by atoms with van der Waals surface area (Å²) >= 11 is 0. The third kappa shape index (κ3) is 4.89. The second kappa shape index (κ2) is 7.97. The van der Waals surface area contributed by atoms with Crippen LogP contribution in [0.3, 0.4) is 0 Å². The van der Waals surface area contributed by atoms with Crippen molar-refractivity contribution < 1.29 is 22.8 Å². The summed E-state index contributed by atoms with van der Waals surface area (Å²) in [5, 5.41) is 2.67. The summed E-state index contributed by atoms with van der Waals surface area (Å²) in [5.41, 5.74) is -0.187. The van der Waals surface area contributed by atoms with Gasteiger partial charge in [0.2, 0.25) is 11.8 Å². The Morgan fingerprint density at radius 3 is 2.23 bits per heavy atom. The fraction of sp³-hybridized carbons (Fsp3) is 0.556. The van der Waals surface area contributed by atoms with Gasteiger partial charge in [-0.15, -0.1) is 0 Å². The predicted molar refractivity (Wildman–Crippen MR) is 92.7 cm³/mol. The second-order valence-electron chi connectivity index (χ2n) is 6.78. The standard InChI is InChI=1S/C18H24F3N3O2/c1-12(2)16(22-13(3)25)17(26)24-9-7-23(8-10-24)15-6-4-5-14(11-15)18(19,20)21/h4-6,11-12,16H,7-10H2,1-3H3,(H,22,25)/t16-/m0/s1. The number of hydrogen-bond acceptors (Lipinski definition) is 3. The molecule has 0 saturated carbocycles. The number of anilines is 1. The molecule has 8 heteroatoms. The van der Waals surface area contributed by atoms with Crippen LogP contribution in [0.2, 0.25) is 0 Å². The van der Waals surface area contributed by atoms with Gasteiger partial charge in [0.05, 0.1) is 5.56 Å². The Bertz CT molecular complexity index is 653. The van der Waals surface area contributed by atoms with Gasteiger partial charge in [0.1, 0.15) is 6.04 Å². The van der Waals surface area contributed by atoms with E-state index >= 15 is 0 Å². The van der Waals surface area contributed by atoms with Crippen LogP contribution in [0.25, 0.3) is 0 Å². The fourth-order valence-electron chi connectivity index (χ4n) is 2.99. The Balaban J connectivity index is 2.02. The normalized spacial score (nSPS) is 16.6. The number of carbonyl (C=O) groups is 2. The second-order valence-corrected chi connectivity index (χ2v) is 6.78. The van der Waals surface area contributed by atoms with Crippen LogP contribution in [-0.2, 0) is 15.8 Å². The molecule has 5 nitrogen and oxygen atoms in total. The lowest BCUT2D eigenvalue weighted by molar-refractivity contribution is -0.137. The molecule has 1 N–H and O–H groups in total. The van der Waals surface area contributed by atoms with Crippen LogP contribution >= 0.6 is 0 Å². The average Bonchev–Trinajstić information content (AvgIpc) is 2.58. The molecule has 1 aliphatic rings.